The molecule has 3 heteroatoms. The molecule has 1 aliphatic carbocycles. The van der Waals surface area contributed by atoms with Crippen molar-refractivity contribution >= 4 is 5.91 Å². The quantitative estimate of drug-likeness (QED) is 0.921. The number of rotatable bonds is 5. The predicted molar refractivity (Wildman–Crippen MR) is 88.7 cm³/mol. The normalized spacial score (nSPS) is 13.0. The number of amides is 1. The second-order valence-corrected chi connectivity index (χ2v) is 5.84. The SMILES string of the molecule is NCCN(Cc1ccccc1)C(=O)c1ccc2c(c1)CCC2. The van der Waals surface area contributed by atoms with E-state index < -0.39 is 0 Å². The van der Waals surface area contributed by atoms with Crippen LogP contribution in [0.15, 0.2) is 48.5 Å². The van der Waals surface area contributed by atoms with Crippen LogP contribution >= 0.6 is 0 Å². The highest BCUT2D eigenvalue weighted by Gasteiger charge is 2.18. The number of nitrogens with two attached hydrogens (primary N) is 1. The van der Waals surface area contributed by atoms with Crippen molar-refractivity contribution in [1.82, 2.24) is 4.90 Å². The topological polar surface area (TPSA) is 46.3 Å². The predicted octanol–water partition coefficient (Wildman–Crippen LogP) is 2.78. The zero-order valence-corrected chi connectivity index (χ0v) is 12.8. The van der Waals surface area contributed by atoms with Crippen molar-refractivity contribution in [2.45, 2.75) is 25.8 Å². The molecule has 0 radical (unpaired) electrons. The van der Waals surface area contributed by atoms with Crippen LogP contribution in [0.2, 0.25) is 0 Å². The molecule has 2 N–H and O–H groups in total. The molecule has 0 atom stereocenters. The lowest BCUT2D eigenvalue weighted by molar-refractivity contribution is 0.0748. The van der Waals surface area contributed by atoms with Crippen molar-refractivity contribution < 1.29 is 4.79 Å². The molecule has 3 nitrogen and oxygen atoms in total. The first-order valence-corrected chi connectivity index (χ1v) is 7.93. The molecule has 2 aromatic carbocycles. The fraction of sp³-hybridized carbons (Fsp3) is 0.316. The molecule has 0 spiro atoms. The molecular formula is C19H22N2O. The van der Waals surface area contributed by atoms with Crippen molar-refractivity contribution in [3.63, 3.8) is 0 Å². The van der Waals surface area contributed by atoms with Crippen LogP contribution in [0.25, 0.3) is 0 Å². The summed E-state index contributed by atoms with van der Waals surface area (Å²) in [6.45, 7) is 1.66. The summed E-state index contributed by atoms with van der Waals surface area (Å²) in [4.78, 5) is 14.6. The first-order chi connectivity index (χ1) is 10.8. The van der Waals surface area contributed by atoms with E-state index in [0.717, 1.165) is 24.0 Å². The Kier molecular flexibility index (Phi) is 4.54. The van der Waals surface area contributed by atoms with Crippen molar-refractivity contribution in [2.24, 2.45) is 5.73 Å². The first-order valence-electron chi connectivity index (χ1n) is 7.93. The maximum absolute atomic E-state index is 12.8. The smallest absolute Gasteiger partial charge is 0.254 e. The van der Waals surface area contributed by atoms with E-state index in [9.17, 15) is 4.79 Å². The van der Waals surface area contributed by atoms with Crippen LogP contribution in [-0.2, 0) is 19.4 Å². The third-order valence-corrected chi connectivity index (χ3v) is 4.25. The van der Waals surface area contributed by atoms with Gasteiger partial charge < -0.3 is 10.6 Å². The minimum absolute atomic E-state index is 0.0732. The van der Waals surface area contributed by atoms with Gasteiger partial charge in [0.2, 0.25) is 0 Å². The average Bonchev–Trinajstić information content (AvgIpc) is 3.02. The Hall–Kier alpha value is -2.13. The number of hydrogen-bond acceptors (Lipinski definition) is 2. The number of aryl methyl sites for hydroxylation is 2. The molecule has 0 saturated carbocycles. The number of carbonyl (C=O) groups excluding carboxylic acids is 1. The van der Waals surface area contributed by atoms with Crippen molar-refractivity contribution in [2.75, 3.05) is 13.1 Å². The molecule has 0 bridgehead atoms. The molecule has 0 unspecified atom stereocenters. The number of hydrogen-bond donors (Lipinski definition) is 1. The fourth-order valence-electron chi connectivity index (χ4n) is 3.10. The van der Waals surface area contributed by atoms with Gasteiger partial charge in [0.1, 0.15) is 0 Å². The molecule has 2 aromatic rings. The summed E-state index contributed by atoms with van der Waals surface area (Å²) in [5.41, 5.74) is 10.3. The van der Waals surface area contributed by atoms with Gasteiger partial charge in [-0.15, -0.1) is 0 Å². The van der Waals surface area contributed by atoms with E-state index in [4.69, 9.17) is 5.73 Å². The zero-order chi connectivity index (χ0) is 15.4. The summed E-state index contributed by atoms with van der Waals surface area (Å²) in [5.74, 6) is 0.0732. The summed E-state index contributed by atoms with van der Waals surface area (Å²) < 4.78 is 0. The van der Waals surface area contributed by atoms with Gasteiger partial charge in [-0.1, -0.05) is 36.4 Å². The minimum atomic E-state index is 0.0732. The fourth-order valence-corrected chi connectivity index (χ4v) is 3.10. The lowest BCUT2D eigenvalue weighted by Gasteiger charge is -2.22. The van der Waals surface area contributed by atoms with Gasteiger partial charge in [-0.2, -0.15) is 0 Å². The molecule has 0 aromatic heterocycles. The van der Waals surface area contributed by atoms with Crippen LogP contribution in [0.4, 0.5) is 0 Å². The van der Waals surface area contributed by atoms with E-state index >= 15 is 0 Å². The lowest BCUT2D eigenvalue weighted by atomic mass is 10.1. The van der Waals surface area contributed by atoms with Crippen LogP contribution in [0.5, 0.6) is 0 Å². The second kappa shape index (κ2) is 6.75. The summed E-state index contributed by atoms with van der Waals surface area (Å²) in [5, 5.41) is 0. The maximum Gasteiger partial charge on any atom is 0.254 e. The van der Waals surface area contributed by atoms with Gasteiger partial charge >= 0.3 is 0 Å². The van der Waals surface area contributed by atoms with Crippen LogP contribution in [-0.4, -0.2) is 23.9 Å². The van der Waals surface area contributed by atoms with Crippen molar-refractivity contribution in [3.8, 4) is 0 Å². The summed E-state index contributed by atoms with van der Waals surface area (Å²) in [6.07, 6.45) is 3.43. The van der Waals surface area contributed by atoms with Crippen LogP contribution in [0, 0.1) is 0 Å². The van der Waals surface area contributed by atoms with E-state index in [1.165, 1.54) is 17.5 Å². The second-order valence-electron chi connectivity index (χ2n) is 5.84. The molecule has 114 valence electrons. The number of fused-ring (bicyclic) bond motifs is 1. The molecule has 22 heavy (non-hydrogen) atoms. The van der Waals surface area contributed by atoms with E-state index in [1.54, 1.807) is 0 Å². The Morgan fingerprint density at radius 2 is 1.82 bits per heavy atom. The van der Waals surface area contributed by atoms with Crippen molar-refractivity contribution in [1.29, 1.82) is 0 Å². The van der Waals surface area contributed by atoms with Crippen LogP contribution in [0.3, 0.4) is 0 Å². The standard InChI is InChI=1S/C19H22N2O/c20-11-12-21(14-15-5-2-1-3-6-15)19(22)18-10-9-16-7-4-8-17(16)13-18/h1-3,5-6,9-10,13H,4,7-8,11-12,14,20H2. The van der Waals surface area contributed by atoms with E-state index in [2.05, 4.69) is 12.1 Å². The molecule has 0 fully saturated rings. The van der Waals surface area contributed by atoms with Crippen LogP contribution in [0.1, 0.15) is 33.5 Å². The first kappa shape index (κ1) is 14.8. The molecule has 0 heterocycles. The van der Waals surface area contributed by atoms with Crippen LogP contribution < -0.4 is 5.73 Å². The highest BCUT2D eigenvalue weighted by atomic mass is 16.2. The summed E-state index contributed by atoms with van der Waals surface area (Å²) in [6, 6.07) is 16.2. The Bertz CT molecular complexity index is 652. The van der Waals surface area contributed by atoms with E-state index in [-0.39, 0.29) is 5.91 Å². The Balaban J connectivity index is 1.80. The monoisotopic (exact) mass is 294 g/mol. The third-order valence-electron chi connectivity index (χ3n) is 4.25. The summed E-state index contributed by atoms with van der Waals surface area (Å²) >= 11 is 0. The molecular weight excluding hydrogens is 272 g/mol. The third kappa shape index (κ3) is 3.20. The highest BCUT2D eigenvalue weighted by Crippen LogP contribution is 2.23. The molecule has 1 aliphatic rings. The Labute approximate surface area is 131 Å². The molecule has 1 amide bonds. The van der Waals surface area contributed by atoms with Gasteiger partial charge in [0.05, 0.1) is 0 Å². The largest absolute Gasteiger partial charge is 0.333 e. The van der Waals surface area contributed by atoms with Gasteiger partial charge in [0.15, 0.2) is 0 Å². The minimum Gasteiger partial charge on any atom is -0.333 e. The van der Waals surface area contributed by atoms with E-state index in [0.29, 0.717) is 19.6 Å². The molecule has 0 aliphatic heterocycles. The lowest BCUT2D eigenvalue weighted by Crippen LogP contribution is -2.35. The van der Waals surface area contributed by atoms with Gasteiger partial charge in [-0.25, -0.2) is 0 Å². The van der Waals surface area contributed by atoms with Gasteiger partial charge in [0.25, 0.3) is 5.91 Å². The average molecular weight is 294 g/mol. The Morgan fingerprint density at radius 1 is 1.05 bits per heavy atom. The molecule has 3 rings (SSSR count). The van der Waals surface area contributed by atoms with Gasteiger partial charge in [-0.05, 0) is 48.1 Å². The maximum atomic E-state index is 12.8. The number of carbonyl (C=O) groups is 1. The summed E-state index contributed by atoms with van der Waals surface area (Å²) in [7, 11) is 0. The zero-order valence-electron chi connectivity index (χ0n) is 12.8. The van der Waals surface area contributed by atoms with E-state index in [1.807, 2.05) is 41.3 Å². The van der Waals surface area contributed by atoms with Crippen molar-refractivity contribution in [3.05, 3.63) is 70.8 Å². The highest BCUT2D eigenvalue weighted by molar-refractivity contribution is 5.94. The number of nitrogens with zero attached hydrogens (tertiary/aromatic N) is 1. The van der Waals surface area contributed by atoms with Gasteiger partial charge in [0, 0.05) is 25.2 Å². The molecule has 0 saturated heterocycles. The number of benzene rings is 2. The Morgan fingerprint density at radius 3 is 2.59 bits per heavy atom. The van der Waals surface area contributed by atoms with Gasteiger partial charge in [-0.3, -0.25) is 4.79 Å².